The number of hydrogen-bond donors (Lipinski definition) is 1. The van der Waals surface area contributed by atoms with Crippen LogP contribution in [0.2, 0.25) is 0 Å². The number of amides is 1. The second-order valence-corrected chi connectivity index (χ2v) is 7.81. The number of likely N-dealkylation sites (tertiary alicyclic amines) is 1. The topological polar surface area (TPSA) is 67.5 Å². The summed E-state index contributed by atoms with van der Waals surface area (Å²) < 4.78 is 3.30. The first kappa shape index (κ1) is 19.5. The van der Waals surface area contributed by atoms with Crippen molar-refractivity contribution in [3.05, 3.63) is 70.6 Å². The van der Waals surface area contributed by atoms with Gasteiger partial charge in [0.25, 0.3) is 0 Å². The lowest BCUT2D eigenvalue weighted by molar-refractivity contribution is -0.133. The van der Waals surface area contributed by atoms with Gasteiger partial charge < -0.3 is 10.0 Å². The van der Waals surface area contributed by atoms with E-state index in [1.54, 1.807) is 16.2 Å². The molecular weight excluding hydrogens is 366 g/mol. The molecule has 6 nitrogen and oxygen atoms in total. The molecule has 0 saturated carbocycles. The number of aromatic nitrogens is 2. The number of aryl methyl sites for hydroxylation is 2. The Balaban J connectivity index is 1.35. The molecule has 0 aliphatic carbocycles. The maximum Gasteiger partial charge on any atom is 0.328 e. The highest BCUT2D eigenvalue weighted by atomic mass is 16.3. The fourth-order valence-electron chi connectivity index (χ4n) is 4.33. The molecule has 4 rings (SSSR count). The molecule has 1 aliphatic heterocycles. The molecule has 152 valence electrons. The average molecular weight is 393 g/mol. The van der Waals surface area contributed by atoms with Gasteiger partial charge in [0.05, 0.1) is 17.1 Å². The second kappa shape index (κ2) is 8.25. The Morgan fingerprint density at radius 3 is 2.34 bits per heavy atom. The number of piperidine rings is 1. The number of aliphatic hydroxyl groups is 1. The number of hydrogen-bond acceptors (Lipinski definition) is 3. The fraction of sp³-hybridized carbons (Fsp3) is 0.391. The molecule has 0 radical (unpaired) electrons. The van der Waals surface area contributed by atoms with Crippen molar-refractivity contribution in [2.45, 2.75) is 31.9 Å². The number of aliphatic hydroxyl groups excluding tert-OH is 1. The first-order valence-corrected chi connectivity index (χ1v) is 10.2. The van der Waals surface area contributed by atoms with Gasteiger partial charge in [0.2, 0.25) is 5.91 Å². The van der Waals surface area contributed by atoms with Crippen LogP contribution in [-0.2, 0) is 18.4 Å². The lowest BCUT2D eigenvalue weighted by atomic mass is 9.87. The van der Waals surface area contributed by atoms with Crippen molar-refractivity contribution in [3.8, 4) is 0 Å². The predicted octanol–water partition coefficient (Wildman–Crippen LogP) is 2.70. The third kappa shape index (κ3) is 3.85. The lowest BCUT2D eigenvalue weighted by Crippen LogP contribution is -2.40. The average Bonchev–Trinajstić information content (AvgIpc) is 3.02. The number of carbonyl (C=O) groups excluding carboxylic acids is 1. The van der Waals surface area contributed by atoms with Crippen molar-refractivity contribution in [2.24, 2.45) is 13.0 Å². The van der Waals surface area contributed by atoms with Crippen LogP contribution in [0.3, 0.4) is 0 Å². The Morgan fingerprint density at radius 1 is 1.03 bits per heavy atom. The van der Waals surface area contributed by atoms with Crippen LogP contribution in [0.25, 0.3) is 11.0 Å². The minimum atomic E-state index is -0.484. The van der Waals surface area contributed by atoms with Crippen LogP contribution in [-0.4, -0.2) is 38.1 Å². The van der Waals surface area contributed by atoms with Gasteiger partial charge in [-0.05, 0) is 36.5 Å². The van der Waals surface area contributed by atoms with Crippen LogP contribution in [0.4, 0.5) is 0 Å². The summed E-state index contributed by atoms with van der Waals surface area (Å²) in [6.07, 6.45) is 1.40. The highest BCUT2D eigenvalue weighted by molar-refractivity contribution is 5.78. The van der Waals surface area contributed by atoms with Gasteiger partial charge >= 0.3 is 5.69 Å². The van der Waals surface area contributed by atoms with E-state index in [4.69, 9.17) is 0 Å². The molecule has 1 saturated heterocycles. The number of rotatable bonds is 5. The zero-order chi connectivity index (χ0) is 20.4. The number of carbonyl (C=O) groups is 1. The van der Waals surface area contributed by atoms with Gasteiger partial charge in [0.15, 0.2) is 0 Å². The van der Waals surface area contributed by atoms with Crippen molar-refractivity contribution >= 4 is 16.9 Å². The van der Waals surface area contributed by atoms with Gasteiger partial charge in [-0.25, -0.2) is 4.79 Å². The molecule has 1 atom stereocenters. The van der Waals surface area contributed by atoms with Crippen LogP contribution in [0.5, 0.6) is 0 Å². The molecule has 0 bridgehead atoms. The normalized spacial score (nSPS) is 16.3. The molecule has 6 heteroatoms. The predicted molar refractivity (Wildman–Crippen MR) is 113 cm³/mol. The molecule has 1 aromatic heterocycles. The zero-order valence-electron chi connectivity index (χ0n) is 16.7. The quantitative estimate of drug-likeness (QED) is 0.725. The fourth-order valence-corrected chi connectivity index (χ4v) is 4.33. The smallest absolute Gasteiger partial charge is 0.328 e. The first-order valence-electron chi connectivity index (χ1n) is 10.2. The summed E-state index contributed by atoms with van der Waals surface area (Å²) in [5, 5.41) is 10.6. The number of para-hydroxylation sites is 2. The Bertz CT molecular complexity index is 1050. The maximum absolute atomic E-state index is 12.7. The highest BCUT2D eigenvalue weighted by Crippen LogP contribution is 2.30. The highest BCUT2D eigenvalue weighted by Gasteiger charge is 2.28. The van der Waals surface area contributed by atoms with Crippen LogP contribution in [0, 0.1) is 5.92 Å². The third-order valence-corrected chi connectivity index (χ3v) is 6.08. The van der Waals surface area contributed by atoms with E-state index in [1.165, 1.54) is 0 Å². The molecule has 1 N–H and O–H groups in total. The summed E-state index contributed by atoms with van der Waals surface area (Å²) in [6, 6.07) is 17.4. The summed E-state index contributed by atoms with van der Waals surface area (Å²) in [4.78, 5) is 27.1. The Labute approximate surface area is 170 Å². The molecule has 2 heterocycles. The van der Waals surface area contributed by atoms with E-state index in [2.05, 4.69) is 0 Å². The Morgan fingerprint density at radius 2 is 1.66 bits per heavy atom. The van der Waals surface area contributed by atoms with E-state index in [0.29, 0.717) is 26.1 Å². The molecule has 3 aromatic rings. The largest absolute Gasteiger partial charge is 0.388 e. The van der Waals surface area contributed by atoms with E-state index in [0.717, 1.165) is 29.4 Å². The molecule has 0 spiro atoms. The van der Waals surface area contributed by atoms with E-state index >= 15 is 0 Å². The molecular formula is C23H27N3O3. The lowest BCUT2D eigenvalue weighted by Gasteiger charge is -2.34. The summed E-state index contributed by atoms with van der Waals surface area (Å²) in [5.41, 5.74) is 2.58. The zero-order valence-corrected chi connectivity index (χ0v) is 16.7. The van der Waals surface area contributed by atoms with Gasteiger partial charge in [-0.2, -0.15) is 0 Å². The van der Waals surface area contributed by atoms with Gasteiger partial charge in [-0.3, -0.25) is 13.9 Å². The monoisotopic (exact) mass is 393 g/mol. The van der Waals surface area contributed by atoms with Crippen molar-refractivity contribution in [3.63, 3.8) is 0 Å². The van der Waals surface area contributed by atoms with Crippen LogP contribution in [0.15, 0.2) is 59.4 Å². The van der Waals surface area contributed by atoms with E-state index in [-0.39, 0.29) is 17.5 Å². The van der Waals surface area contributed by atoms with E-state index in [9.17, 15) is 14.7 Å². The molecule has 2 aromatic carbocycles. The van der Waals surface area contributed by atoms with Crippen LogP contribution in [0.1, 0.15) is 30.9 Å². The first-order chi connectivity index (χ1) is 14.1. The number of fused-ring (bicyclic) bond motifs is 1. The third-order valence-electron chi connectivity index (χ3n) is 6.08. The Kier molecular flexibility index (Phi) is 5.53. The minimum Gasteiger partial charge on any atom is -0.388 e. The Hall–Kier alpha value is -2.86. The van der Waals surface area contributed by atoms with Crippen molar-refractivity contribution < 1.29 is 9.90 Å². The molecule has 1 fully saturated rings. The maximum atomic E-state index is 12.7. The van der Waals surface area contributed by atoms with Crippen LogP contribution >= 0.6 is 0 Å². The van der Waals surface area contributed by atoms with Gasteiger partial charge in [-0.1, -0.05) is 42.5 Å². The minimum absolute atomic E-state index is 0.0671. The van der Waals surface area contributed by atoms with Crippen molar-refractivity contribution in [1.29, 1.82) is 0 Å². The van der Waals surface area contributed by atoms with Crippen molar-refractivity contribution in [1.82, 2.24) is 14.0 Å². The number of nitrogens with zero attached hydrogens (tertiary/aromatic N) is 3. The summed E-state index contributed by atoms with van der Waals surface area (Å²) in [5.74, 6) is 0.236. The molecule has 29 heavy (non-hydrogen) atoms. The van der Waals surface area contributed by atoms with Gasteiger partial charge in [0, 0.05) is 33.1 Å². The van der Waals surface area contributed by atoms with E-state index in [1.807, 2.05) is 59.5 Å². The standard InChI is InChI=1S/C23H27N3O3/c1-24-19-9-5-6-10-20(19)26(23(24)29)16-13-21(27)25-14-11-18(12-15-25)22(28)17-7-3-2-4-8-17/h2-10,18,22,28H,11-16H2,1H3/t22-/m0/s1. The van der Waals surface area contributed by atoms with E-state index < -0.39 is 6.10 Å². The van der Waals surface area contributed by atoms with Crippen molar-refractivity contribution in [2.75, 3.05) is 13.1 Å². The SMILES string of the molecule is Cn1c(=O)n(CCC(=O)N2CCC([C@@H](O)c3ccccc3)CC2)c2ccccc21. The number of benzene rings is 2. The molecule has 1 amide bonds. The van der Waals surface area contributed by atoms with Gasteiger partial charge in [-0.15, -0.1) is 0 Å². The molecule has 1 aliphatic rings. The van der Waals surface area contributed by atoms with Crippen LogP contribution < -0.4 is 5.69 Å². The second-order valence-electron chi connectivity index (χ2n) is 7.81. The number of imidazole rings is 1. The summed E-state index contributed by atoms with van der Waals surface area (Å²) >= 11 is 0. The summed E-state index contributed by atoms with van der Waals surface area (Å²) in [6.45, 7) is 1.68. The molecule has 0 unspecified atom stereocenters. The van der Waals surface area contributed by atoms with Gasteiger partial charge in [0.1, 0.15) is 0 Å². The summed E-state index contributed by atoms with van der Waals surface area (Å²) in [7, 11) is 1.76.